The molecule has 0 aliphatic rings. The Hall–Kier alpha value is -1.56. The highest BCUT2D eigenvalue weighted by molar-refractivity contribution is 7.98. The Balaban J connectivity index is 2.82. The normalized spacial score (nSPS) is 11.4. The largest absolute Gasteiger partial charge is 0.493 e. The second-order valence-electron chi connectivity index (χ2n) is 5.93. The molecule has 0 saturated heterocycles. The van der Waals surface area contributed by atoms with Crippen LogP contribution in [0.15, 0.2) is 17.1 Å². The van der Waals surface area contributed by atoms with Gasteiger partial charge in [0.05, 0.1) is 14.2 Å². The fourth-order valence-corrected chi connectivity index (χ4v) is 3.03. The van der Waals surface area contributed by atoms with Crippen molar-refractivity contribution in [3.63, 3.8) is 0 Å². The van der Waals surface area contributed by atoms with Crippen LogP contribution in [0.25, 0.3) is 0 Å². The fraction of sp³-hybridized carbons (Fsp3) is 0.632. The van der Waals surface area contributed by atoms with Gasteiger partial charge in [0.15, 0.2) is 17.5 Å². The van der Waals surface area contributed by atoms with Gasteiger partial charge in [-0.1, -0.05) is 0 Å². The van der Waals surface area contributed by atoms with Crippen LogP contribution >= 0.6 is 11.8 Å². The molecule has 1 aromatic rings. The number of hydrogen-bond acceptors (Lipinski definition) is 4. The first kappa shape index (κ1) is 21.5. The molecule has 0 unspecified atom stereocenters. The maximum atomic E-state index is 5.43. The van der Waals surface area contributed by atoms with Crippen molar-refractivity contribution >= 4 is 17.7 Å². The van der Waals surface area contributed by atoms with Crippen molar-refractivity contribution in [1.29, 1.82) is 0 Å². The molecule has 25 heavy (non-hydrogen) atoms. The third-order valence-corrected chi connectivity index (χ3v) is 4.66. The zero-order chi connectivity index (χ0) is 18.7. The van der Waals surface area contributed by atoms with Crippen LogP contribution in [0.2, 0.25) is 0 Å². The zero-order valence-electron chi connectivity index (χ0n) is 16.5. The quantitative estimate of drug-likeness (QED) is 0.389. The lowest BCUT2D eigenvalue weighted by atomic mass is 10.1. The Morgan fingerprint density at radius 3 is 2.48 bits per heavy atom. The molecule has 0 heterocycles. The number of aryl methyl sites for hydroxylation is 1. The van der Waals surface area contributed by atoms with Gasteiger partial charge in [-0.25, -0.2) is 0 Å². The molecule has 0 aromatic heterocycles. The highest BCUT2D eigenvalue weighted by atomic mass is 32.2. The van der Waals surface area contributed by atoms with Crippen molar-refractivity contribution in [3.05, 3.63) is 23.3 Å². The van der Waals surface area contributed by atoms with Gasteiger partial charge in [0, 0.05) is 26.7 Å². The number of aliphatic imine (C=N–C) groups is 1. The van der Waals surface area contributed by atoms with Gasteiger partial charge >= 0.3 is 0 Å². The maximum absolute atomic E-state index is 5.43. The van der Waals surface area contributed by atoms with E-state index in [9.17, 15) is 0 Å². The number of rotatable bonds is 10. The molecule has 0 aliphatic carbocycles. The summed E-state index contributed by atoms with van der Waals surface area (Å²) in [6, 6.07) is 4.07. The molecule has 1 N–H and O–H groups in total. The van der Waals surface area contributed by atoms with Crippen LogP contribution in [-0.4, -0.2) is 57.2 Å². The first-order chi connectivity index (χ1) is 12.1. The molecule has 0 amide bonds. The van der Waals surface area contributed by atoms with Gasteiger partial charge in [0.2, 0.25) is 0 Å². The second-order valence-corrected chi connectivity index (χ2v) is 6.91. The van der Waals surface area contributed by atoms with Crippen molar-refractivity contribution in [2.45, 2.75) is 33.2 Å². The predicted octanol–water partition coefficient (Wildman–Crippen LogP) is 3.55. The van der Waals surface area contributed by atoms with E-state index >= 15 is 0 Å². The second kappa shape index (κ2) is 11.9. The fourth-order valence-electron chi connectivity index (χ4n) is 2.54. The van der Waals surface area contributed by atoms with E-state index in [1.165, 1.54) is 23.3 Å². The number of ether oxygens (including phenoxy) is 2. The highest BCUT2D eigenvalue weighted by Crippen LogP contribution is 2.30. The summed E-state index contributed by atoms with van der Waals surface area (Å²) in [5.74, 6) is 3.67. The number of nitrogens with zero attached hydrogens (tertiary/aromatic N) is 2. The smallest absolute Gasteiger partial charge is 0.193 e. The lowest BCUT2D eigenvalue weighted by Crippen LogP contribution is -2.38. The van der Waals surface area contributed by atoms with Crippen LogP contribution in [0.5, 0.6) is 11.5 Å². The Kier molecular flexibility index (Phi) is 10.2. The van der Waals surface area contributed by atoms with Gasteiger partial charge in [-0.3, -0.25) is 4.99 Å². The summed E-state index contributed by atoms with van der Waals surface area (Å²) in [7, 11) is 5.40. The summed E-state index contributed by atoms with van der Waals surface area (Å²) in [6.07, 6.45) is 4.48. The van der Waals surface area contributed by atoms with E-state index in [-0.39, 0.29) is 0 Å². The Labute approximate surface area is 157 Å². The summed E-state index contributed by atoms with van der Waals surface area (Å²) in [5, 5.41) is 3.38. The number of methoxy groups -OCH3 is 2. The molecule has 0 atom stereocenters. The van der Waals surface area contributed by atoms with Crippen LogP contribution in [0.4, 0.5) is 0 Å². The first-order valence-electron chi connectivity index (χ1n) is 8.77. The van der Waals surface area contributed by atoms with E-state index in [0.29, 0.717) is 0 Å². The van der Waals surface area contributed by atoms with Gasteiger partial charge < -0.3 is 19.7 Å². The van der Waals surface area contributed by atoms with E-state index < -0.39 is 0 Å². The number of nitrogens with one attached hydrogen (secondary N) is 1. The molecule has 6 heteroatoms. The van der Waals surface area contributed by atoms with Crippen molar-refractivity contribution < 1.29 is 9.47 Å². The summed E-state index contributed by atoms with van der Waals surface area (Å²) < 4.78 is 10.8. The molecule has 0 bridgehead atoms. The average Bonchev–Trinajstić information content (AvgIpc) is 2.61. The van der Waals surface area contributed by atoms with E-state index in [4.69, 9.17) is 14.5 Å². The van der Waals surface area contributed by atoms with Crippen LogP contribution < -0.4 is 14.8 Å². The molecule has 1 rings (SSSR count). The molecule has 142 valence electrons. The van der Waals surface area contributed by atoms with Gasteiger partial charge in [-0.2, -0.15) is 11.8 Å². The number of thioether (sulfide) groups is 1. The van der Waals surface area contributed by atoms with E-state index in [1.54, 1.807) is 14.2 Å². The summed E-state index contributed by atoms with van der Waals surface area (Å²) in [6.45, 7) is 6.68. The highest BCUT2D eigenvalue weighted by Gasteiger charge is 2.12. The van der Waals surface area contributed by atoms with Crippen molar-refractivity contribution in [2.75, 3.05) is 46.4 Å². The topological polar surface area (TPSA) is 46.1 Å². The summed E-state index contributed by atoms with van der Waals surface area (Å²) in [5.41, 5.74) is 2.38. The van der Waals surface area contributed by atoms with E-state index in [0.717, 1.165) is 43.5 Å². The van der Waals surface area contributed by atoms with Crippen LogP contribution in [-0.2, 0) is 6.54 Å². The number of guanidine groups is 1. The molecular formula is C19H33N3O2S. The maximum Gasteiger partial charge on any atom is 0.193 e. The van der Waals surface area contributed by atoms with Gasteiger partial charge in [0.1, 0.15) is 0 Å². The SMILES string of the molecule is CCNC(=NCCCCSC)N(C)Cc1cc(OC)c(OC)cc1C. The Morgan fingerprint density at radius 1 is 1.20 bits per heavy atom. The third kappa shape index (κ3) is 7.06. The molecular weight excluding hydrogens is 334 g/mol. The van der Waals surface area contributed by atoms with Crippen LogP contribution in [0.3, 0.4) is 0 Å². The van der Waals surface area contributed by atoms with Crippen molar-refractivity contribution in [2.24, 2.45) is 4.99 Å². The Morgan fingerprint density at radius 2 is 1.88 bits per heavy atom. The molecule has 0 spiro atoms. The molecule has 0 fully saturated rings. The molecule has 1 aromatic carbocycles. The molecule has 5 nitrogen and oxygen atoms in total. The minimum absolute atomic E-state index is 0.760. The number of hydrogen-bond donors (Lipinski definition) is 1. The van der Waals surface area contributed by atoms with Crippen LogP contribution in [0, 0.1) is 6.92 Å². The predicted molar refractivity (Wildman–Crippen MR) is 109 cm³/mol. The lowest BCUT2D eigenvalue weighted by Gasteiger charge is -2.23. The Bertz CT molecular complexity index is 550. The first-order valence-corrected chi connectivity index (χ1v) is 10.2. The van der Waals surface area contributed by atoms with Crippen molar-refractivity contribution in [1.82, 2.24) is 10.2 Å². The van der Waals surface area contributed by atoms with E-state index in [2.05, 4.69) is 37.4 Å². The standard InChI is InChI=1S/C19H33N3O2S/c1-7-20-19(21-10-8-9-11-25-6)22(3)14-16-13-18(24-5)17(23-4)12-15(16)2/h12-13H,7-11,14H2,1-6H3,(H,20,21). The summed E-state index contributed by atoms with van der Waals surface area (Å²) in [4.78, 5) is 6.91. The lowest BCUT2D eigenvalue weighted by molar-refractivity contribution is 0.353. The minimum Gasteiger partial charge on any atom is -0.493 e. The zero-order valence-corrected chi connectivity index (χ0v) is 17.3. The number of benzene rings is 1. The monoisotopic (exact) mass is 367 g/mol. The average molecular weight is 368 g/mol. The minimum atomic E-state index is 0.760. The van der Waals surface area contributed by atoms with Crippen LogP contribution in [0.1, 0.15) is 30.9 Å². The molecule has 0 aliphatic heterocycles. The van der Waals surface area contributed by atoms with E-state index in [1.807, 2.05) is 23.9 Å². The molecule has 0 saturated carbocycles. The van der Waals surface area contributed by atoms with Gasteiger partial charge in [0.25, 0.3) is 0 Å². The third-order valence-electron chi connectivity index (χ3n) is 3.96. The van der Waals surface area contributed by atoms with Gasteiger partial charge in [-0.05, 0) is 62.0 Å². The van der Waals surface area contributed by atoms with Gasteiger partial charge in [-0.15, -0.1) is 0 Å². The number of unbranched alkanes of at least 4 members (excludes halogenated alkanes) is 1. The summed E-state index contributed by atoms with van der Waals surface area (Å²) >= 11 is 1.89. The molecule has 0 radical (unpaired) electrons. The van der Waals surface area contributed by atoms with Crippen molar-refractivity contribution in [3.8, 4) is 11.5 Å².